The fourth-order valence-electron chi connectivity index (χ4n) is 2.04. The molecule has 0 aliphatic heterocycles. The molecule has 0 spiro atoms. The van der Waals surface area contributed by atoms with Gasteiger partial charge in [0.1, 0.15) is 10.1 Å². The van der Waals surface area contributed by atoms with Gasteiger partial charge in [0, 0.05) is 30.5 Å². The van der Waals surface area contributed by atoms with E-state index >= 15 is 0 Å². The van der Waals surface area contributed by atoms with Gasteiger partial charge in [-0.2, -0.15) is 0 Å². The maximum absolute atomic E-state index is 5.59. The van der Waals surface area contributed by atoms with Crippen LogP contribution in [0.1, 0.15) is 25.7 Å². The molecule has 29 heavy (non-hydrogen) atoms. The molecule has 0 N–H and O–H groups in total. The van der Waals surface area contributed by atoms with Gasteiger partial charge in [-0.25, -0.2) is 9.97 Å². The van der Waals surface area contributed by atoms with E-state index in [0.717, 1.165) is 60.5 Å². The summed E-state index contributed by atoms with van der Waals surface area (Å²) in [6, 6.07) is 12.0. The van der Waals surface area contributed by atoms with Crippen LogP contribution >= 0.6 is 43.2 Å². The smallest absolute Gasteiger partial charge is 0.106 e. The lowest BCUT2D eigenvalue weighted by atomic mass is 10.4. The largest absolute Gasteiger partial charge is 0.501 e. The van der Waals surface area contributed by atoms with Crippen LogP contribution in [0.25, 0.3) is 0 Å². The van der Waals surface area contributed by atoms with Crippen LogP contribution in [0.15, 0.2) is 71.2 Å². The number of unbranched alkanes of at least 4 members (excludes halogenated alkanes) is 2. The third-order valence-corrected chi connectivity index (χ3v) is 8.18. The molecule has 0 bridgehead atoms. The van der Waals surface area contributed by atoms with E-state index in [1.807, 2.05) is 76.5 Å². The van der Waals surface area contributed by atoms with Crippen molar-refractivity contribution in [2.24, 2.45) is 0 Å². The molecule has 2 heterocycles. The Kier molecular flexibility index (Phi) is 15.2. The summed E-state index contributed by atoms with van der Waals surface area (Å²) < 4.78 is 11.1. The molecule has 0 unspecified atom stereocenters. The van der Waals surface area contributed by atoms with E-state index in [2.05, 4.69) is 9.97 Å². The van der Waals surface area contributed by atoms with Crippen LogP contribution in [-0.2, 0) is 9.47 Å². The number of rotatable bonds is 17. The normalized spacial score (nSPS) is 11.2. The summed E-state index contributed by atoms with van der Waals surface area (Å²) in [5.74, 6) is 2.22. The highest BCUT2D eigenvalue weighted by molar-refractivity contribution is 8.77. The summed E-state index contributed by atoms with van der Waals surface area (Å²) in [7, 11) is 7.16. The Morgan fingerprint density at radius 2 is 1.38 bits per heavy atom. The van der Waals surface area contributed by atoms with Crippen molar-refractivity contribution in [1.82, 2.24) is 9.97 Å². The number of aromatic nitrogens is 2. The van der Waals surface area contributed by atoms with Gasteiger partial charge in [0.25, 0.3) is 0 Å². The van der Waals surface area contributed by atoms with E-state index in [1.54, 1.807) is 27.8 Å². The average Bonchev–Trinajstić information content (AvgIpc) is 2.77. The predicted molar refractivity (Wildman–Crippen MR) is 129 cm³/mol. The van der Waals surface area contributed by atoms with Crippen molar-refractivity contribution >= 4 is 43.2 Å². The molecular weight excluding hydrogens is 441 g/mol. The number of nitrogens with zero attached hydrogens (tertiary/aromatic N) is 2. The molecule has 8 heteroatoms. The van der Waals surface area contributed by atoms with Gasteiger partial charge < -0.3 is 9.47 Å². The Morgan fingerprint density at radius 3 is 1.97 bits per heavy atom. The van der Waals surface area contributed by atoms with Crippen molar-refractivity contribution in [2.45, 2.75) is 35.7 Å². The van der Waals surface area contributed by atoms with Gasteiger partial charge in [0.2, 0.25) is 0 Å². The molecule has 4 nitrogen and oxygen atoms in total. The summed E-state index contributed by atoms with van der Waals surface area (Å²) in [4.78, 5) is 8.58. The summed E-state index contributed by atoms with van der Waals surface area (Å²) in [6.07, 6.45) is 11.8. The molecule has 0 aliphatic carbocycles. The summed E-state index contributed by atoms with van der Waals surface area (Å²) in [5, 5.41) is 2.14. The van der Waals surface area contributed by atoms with Gasteiger partial charge in [0.05, 0.1) is 19.5 Å². The molecule has 2 aromatic heterocycles. The highest BCUT2D eigenvalue weighted by Gasteiger charge is 1.96. The lowest BCUT2D eigenvalue weighted by Crippen LogP contribution is -1.95. The summed E-state index contributed by atoms with van der Waals surface area (Å²) in [6.45, 7) is 2.17. The van der Waals surface area contributed by atoms with Gasteiger partial charge in [0.15, 0.2) is 0 Å². The Bertz CT molecular complexity index is 648. The summed E-state index contributed by atoms with van der Waals surface area (Å²) in [5.41, 5.74) is 0. The molecule has 0 saturated heterocycles. The number of pyridine rings is 2. The fraction of sp³-hybridized carbons (Fsp3) is 0.429. The highest BCUT2D eigenvalue weighted by atomic mass is 33.1. The van der Waals surface area contributed by atoms with Crippen molar-refractivity contribution in [1.29, 1.82) is 0 Å². The van der Waals surface area contributed by atoms with E-state index in [1.165, 1.54) is 0 Å². The third-order valence-electron chi connectivity index (χ3n) is 3.48. The standard InChI is InChI=1S/C21H28N2O2S4/c1-3-12-22-20(10-1)28-26-18-7-5-14-24-16-9-17-25-15-6-8-19-27-29-21-11-2-4-13-23-21/h1-4,9-13,16H,5-8,14-15,17-19H2. The van der Waals surface area contributed by atoms with Crippen molar-refractivity contribution < 1.29 is 9.47 Å². The second-order valence-corrected chi connectivity index (χ2v) is 10.8. The lowest BCUT2D eigenvalue weighted by Gasteiger charge is -2.03. The van der Waals surface area contributed by atoms with E-state index in [4.69, 9.17) is 9.47 Å². The zero-order chi connectivity index (χ0) is 20.2. The second-order valence-electron chi connectivity index (χ2n) is 5.88. The quantitative estimate of drug-likeness (QED) is 0.143. The molecule has 0 aliphatic rings. The van der Waals surface area contributed by atoms with E-state index < -0.39 is 0 Å². The number of hydrogen-bond acceptors (Lipinski definition) is 8. The van der Waals surface area contributed by atoms with Gasteiger partial charge in [-0.3, -0.25) is 0 Å². The monoisotopic (exact) mass is 468 g/mol. The van der Waals surface area contributed by atoms with Crippen LogP contribution in [-0.4, -0.2) is 41.3 Å². The Labute approximate surface area is 190 Å². The highest BCUT2D eigenvalue weighted by Crippen LogP contribution is 2.30. The van der Waals surface area contributed by atoms with Crippen LogP contribution in [0.2, 0.25) is 0 Å². The number of hydrogen-bond donors (Lipinski definition) is 0. The minimum absolute atomic E-state index is 0.617. The zero-order valence-electron chi connectivity index (χ0n) is 16.5. The Morgan fingerprint density at radius 1 is 0.759 bits per heavy atom. The molecular formula is C21H28N2O2S4. The van der Waals surface area contributed by atoms with Gasteiger partial charge in [-0.1, -0.05) is 33.7 Å². The fourth-order valence-corrected chi connectivity index (χ4v) is 6.09. The van der Waals surface area contributed by atoms with Crippen molar-refractivity contribution in [2.75, 3.05) is 31.3 Å². The lowest BCUT2D eigenvalue weighted by molar-refractivity contribution is 0.155. The molecule has 0 radical (unpaired) electrons. The molecule has 2 aromatic rings. The van der Waals surface area contributed by atoms with E-state index in [9.17, 15) is 0 Å². The van der Waals surface area contributed by atoms with E-state index in [-0.39, 0.29) is 0 Å². The Hall–Kier alpha value is -0.800. The van der Waals surface area contributed by atoms with Crippen LogP contribution < -0.4 is 0 Å². The Balaban J connectivity index is 1.28. The maximum Gasteiger partial charge on any atom is 0.106 e. The molecule has 0 amide bonds. The second kappa shape index (κ2) is 18.0. The van der Waals surface area contributed by atoms with Gasteiger partial charge in [-0.05, 0) is 77.6 Å². The van der Waals surface area contributed by atoms with Crippen LogP contribution in [0.3, 0.4) is 0 Å². The molecule has 2 rings (SSSR count). The van der Waals surface area contributed by atoms with Crippen LogP contribution in [0.5, 0.6) is 0 Å². The minimum Gasteiger partial charge on any atom is -0.501 e. The van der Waals surface area contributed by atoms with Crippen molar-refractivity contribution in [3.05, 3.63) is 61.1 Å². The molecule has 0 aromatic carbocycles. The van der Waals surface area contributed by atoms with Crippen LogP contribution in [0.4, 0.5) is 0 Å². The molecule has 0 atom stereocenters. The van der Waals surface area contributed by atoms with Crippen molar-refractivity contribution in [3.8, 4) is 0 Å². The molecule has 0 fully saturated rings. The first kappa shape index (κ1) is 24.5. The SMILES string of the molecule is C(=COCCCCSSc1ccccn1)COCCCCSSc1ccccn1. The molecule has 0 saturated carbocycles. The number of ether oxygens (including phenoxy) is 2. The minimum atomic E-state index is 0.617. The first-order valence-electron chi connectivity index (χ1n) is 9.70. The maximum atomic E-state index is 5.59. The summed E-state index contributed by atoms with van der Waals surface area (Å²) >= 11 is 0. The topological polar surface area (TPSA) is 44.2 Å². The van der Waals surface area contributed by atoms with E-state index in [0.29, 0.717) is 6.61 Å². The molecule has 158 valence electrons. The van der Waals surface area contributed by atoms with Gasteiger partial charge in [-0.15, -0.1) is 0 Å². The average molecular weight is 469 g/mol. The van der Waals surface area contributed by atoms with Gasteiger partial charge >= 0.3 is 0 Å². The predicted octanol–water partition coefficient (Wildman–Crippen LogP) is 6.76. The van der Waals surface area contributed by atoms with Crippen molar-refractivity contribution in [3.63, 3.8) is 0 Å². The van der Waals surface area contributed by atoms with Crippen LogP contribution in [0, 0.1) is 0 Å². The zero-order valence-corrected chi connectivity index (χ0v) is 19.7. The first-order chi connectivity index (χ1) is 14.4. The first-order valence-corrected chi connectivity index (χ1v) is 14.3. The third kappa shape index (κ3) is 13.9.